The largest absolute Gasteiger partial charge is 0.481 e. The maximum Gasteiger partial charge on any atom is 0.305 e. The minimum Gasteiger partial charge on any atom is -0.481 e. The molecule has 0 fully saturated rings. The fraction of sp³-hybridized carbons (Fsp3) is 0.273. The third-order valence-corrected chi connectivity index (χ3v) is 4.71. The smallest absolute Gasteiger partial charge is 0.305 e. The van der Waals surface area contributed by atoms with Gasteiger partial charge in [0.25, 0.3) is 5.91 Å². The Labute approximate surface area is 169 Å². The Morgan fingerprint density at radius 3 is 2.10 bits per heavy atom. The monoisotopic (exact) mass is 392 g/mol. The Balaban J connectivity index is 1.77. The van der Waals surface area contributed by atoms with Gasteiger partial charge in [-0.15, -0.1) is 10.2 Å². The second-order valence-corrected chi connectivity index (χ2v) is 7.91. The van der Waals surface area contributed by atoms with Crippen molar-refractivity contribution in [3.63, 3.8) is 0 Å². The van der Waals surface area contributed by atoms with Crippen molar-refractivity contribution in [2.45, 2.75) is 38.6 Å². The maximum atomic E-state index is 12.7. The average molecular weight is 392 g/mol. The molecule has 7 heteroatoms. The summed E-state index contributed by atoms with van der Waals surface area (Å²) < 4.78 is 1.73. The van der Waals surface area contributed by atoms with Crippen molar-refractivity contribution < 1.29 is 14.7 Å². The summed E-state index contributed by atoms with van der Waals surface area (Å²) in [5, 5.41) is 19.6. The molecule has 0 saturated heterocycles. The minimum atomic E-state index is -0.974. The lowest BCUT2D eigenvalue weighted by molar-refractivity contribution is -0.137. The molecule has 0 aliphatic carbocycles. The van der Waals surface area contributed by atoms with Gasteiger partial charge in [-0.25, -0.2) is 0 Å². The highest BCUT2D eigenvalue weighted by atomic mass is 16.4. The summed E-state index contributed by atoms with van der Waals surface area (Å²) in [5.74, 6) is -1.30. The molecule has 2 aromatic carbocycles. The molecule has 0 spiro atoms. The van der Waals surface area contributed by atoms with Crippen LogP contribution in [0.4, 0.5) is 0 Å². The summed E-state index contributed by atoms with van der Waals surface area (Å²) in [4.78, 5) is 24.0. The number of nitrogens with zero attached hydrogens (tertiary/aromatic N) is 3. The first-order valence-corrected chi connectivity index (χ1v) is 9.32. The number of aromatic nitrogens is 3. The third-order valence-electron chi connectivity index (χ3n) is 4.71. The van der Waals surface area contributed by atoms with Gasteiger partial charge in [-0.05, 0) is 40.8 Å². The third kappa shape index (κ3) is 5.07. The standard InChI is InChI=1S/C22H24N4O3/c1-22(2,3)17-8-4-15(5-9-17)19(12-20(27)28)25-21(29)16-6-10-18(11-7-16)26-13-23-24-14-26/h4-11,13-14,19H,12H2,1-3H3,(H,25,29)(H,27,28). The molecule has 1 atom stereocenters. The molecule has 1 unspecified atom stereocenters. The van der Waals surface area contributed by atoms with Gasteiger partial charge in [0.05, 0.1) is 12.5 Å². The number of hydrogen-bond acceptors (Lipinski definition) is 4. The summed E-state index contributed by atoms with van der Waals surface area (Å²) in [6.07, 6.45) is 2.94. The van der Waals surface area contributed by atoms with E-state index >= 15 is 0 Å². The molecule has 1 heterocycles. The van der Waals surface area contributed by atoms with E-state index in [9.17, 15) is 14.7 Å². The van der Waals surface area contributed by atoms with Gasteiger partial charge in [-0.3, -0.25) is 14.2 Å². The van der Waals surface area contributed by atoms with Crippen LogP contribution in [0.1, 0.15) is 54.7 Å². The summed E-state index contributed by atoms with van der Waals surface area (Å²) >= 11 is 0. The lowest BCUT2D eigenvalue weighted by Crippen LogP contribution is -2.30. The van der Waals surface area contributed by atoms with E-state index in [0.717, 1.165) is 16.8 Å². The highest BCUT2D eigenvalue weighted by Gasteiger charge is 2.20. The van der Waals surface area contributed by atoms with Crippen LogP contribution in [-0.2, 0) is 10.2 Å². The Bertz CT molecular complexity index is 972. The normalized spacial score (nSPS) is 12.4. The van der Waals surface area contributed by atoms with Crippen molar-refractivity contribution in [1.82, 2.24) is 20.1 Å². The van der Waals surface area contributed by atoms with Crippen molar-refractivity contribution in [3.8, 4) is 5.69 Å². The summed E-state index contributed by atoms with van der Waals surface area (Å²) in [6, 6.07) is 14.0. The van der Waals surface area contributed by atoms with Crippen molar-refractivity contribution in [3.05, 3.63) is 77.9 Å². The zero-order chi connectivity index (χ0) is 21.0. The van der Waals surface area contributed by atoms with Crippen LogP contribution in [0, 0.1) is 0 Å². The molecule has 1 amide bonds. The highest BCUT2D eigenvalue weighted by Crippen LogP contribution is 2.25. The van der Waals surface area contributed by atoms with Gasteiger partial charge in [0.1, 0.15) is 12.7 Å². The zero-order valence-electron chi connectivity index (χ0n) is 16.7. The molecule has 2 N–H and O–H groups in total. The zero-order valence-corrected chi connectivity index (χ0v) is 16.7. The summed E-state index contributed by atoms with van der Waals surface area (Å²) in [7, 11) is 0. The molecule has 0 saturated carbocycles. The average Bonchev–Trinajstić information content (AvgIpc) is 3.21. The number of benzene rings is 2. The molecular formula is C22H24N4O3. The number of carboxylic acids is 1. The van der Waals surface area contributed by atoms with Gasteiger partial charge in [0, 0.05) is 11.3 Å². The molecule has 0 radical (unpaired) electrons. The number of nitrogens with one attached hydrogen (secondary N) is 1. The Hall–Kier alpha value is -3.48. The molecule has 3 rings (SSSR count). The second kappa shape index (κ2) is 8.26. The molecule has 3 aromatic rings. The quantitative estimate of drug-likeness (QED) is 0.669. The van der Waals surface area contributed by atoms with Crippen molar-refractivity contribution in [2.24, 2.45) is 0 Å². The number of aliphatic carboxylic acids is 1. The number of carbonyl (C=O) groups excluding carboxylic acids is 1. The SMILES string of the molecule is CC(C)(C)c1ccc(C(CC(=O)O)NC(=O)c2ccc(-n3cnnc3)cc2)cc1. The van der Waals surface area contributed by atoms with E-state index in [1.165, 1.54) is 0 Å². The predicted molar refractivity (Wildman–Crippen MR) is 109 cm³/mol. The molecule has 0 bridgehead atoms. The van der Waals surface area contributed by atoms with Crippen LogP contribution in [0.15, 0.2) is 61.2 Å². The Morgan fingerprint density at radius 1 is 1.00 bits per heavy atom. The number of carbonyl (C=O) groups is 2. The maximum absolute atomic E-state index is 12.7. The summed E-state index contributed by atoms with van der Waals surface area (Å²) in [6.45, 7) is 6.34. The van der Waals surface area contributed by atoms with Gasteiger partial charge < -0.3 is 10.4 Å². The van der Waals surface area contributed by atoms with Gasteiger partial charge >= 0.3 is 5.97 Å². The van der Waals surface area contributed by atoms with Crippen LogP contribution in [-0.4, -0.2) is 31.7 Å². The Morgan fingerprint density at radius 2 is 1.59 bits per heavy atom. The topological polar surface area (TPSA) is 97.1 Å². The van der Waals surface area contributed by atoms with E-state index < -0.39 is 12.0 Å². The van der Waals surface area contributed by atoms with Crippen LogP contribution >= 0.6 is 0 Å². The van der Waals surface area contributed by atoms with Crippen LogP contribution in [0.3, 0.4) is 0 Å². The molecule has 1 aromatic heterocycles. The molecule has 150 valence electrons. The molecule has 29 heavy (non-hydrogen) atoms. The van der Waals surface area contributed by atoms with E-state index in [-0.39, 0.29) is 17.7 Å². The highest BCUT2D eigenvalue weighted by molar-refractivity contribution is 5.94. The van der Waals surface area contributed by atoms with Crippen LogP contribution in [0.2, 0.25) is 0 Å². The number of rotatable bonds is 6. The van der Waals surface area contributed by atoms with Gasteiger partial charge in [0.2, 0.25) is 0 Å². The van der Waals surface area contributed by atoms with E-state index in [4.69, 9.17) is 0 Å². The van der Waals surface area contributed by atoms with Gasteiger partial charge in [-0.1, -0.05) is 45.0 Å². The van der Waals surface area contributed by atoms with Gasteiger partial charge in [0.15, 0.2) is 0 Å². The first-order chi connectivity index (χ1) is 13.7. The molecule has 0 aliphatic rings. The van der Waals surface area contributed by atoms with E-state index in [1.807, 2.05) is 24.3 Å². The van der Waals surface area contributed by atoms with E-state index in [1.54, 1.807) is 41.5 Å². The fourth-order valence-corrected chi connectivity index (χ4v) is 3.00. The lowest BCUT2D eigenvalue weighted by Gasteiger charge is -2.22. The van der Waals surface area contributed by atoms with E-state index in [0.29, 0.717) is 5.56 Å². The summed E-state index contributed by atoms with van der Waals surface area (Å²) in [5.41, 5.74) is 3.17. The number of hydrogen-bond donors (Lipinski definition) is 2. The predicted octanol–water partition coefficient (Wildman–Crippen LogP) is 3.51. The fourth-order valence-electron chi connectivity index (χ4n) is 3.00. The van der Waals surface area contributed by atoms with Crippen LogP contribution < -0.4 is 5.32 Å². The van der Waals surface area contributed by atoms with Crippen molar-refractivity contribution in [1.29, 1.82) is 0 Å². The lowest BCUT2D eigenvalue weighted by atomic mass is 9.86. The van der Waals surface area contributed by atoms with E-state index in [2.05, 4.69) is 36.3 Å². The number of carboxylic acid groups (broad SMARTS) is 1. The first-order valence-electron chi connectivity index (χ1n) is 9.32. The Kier molecular flexibility index (Phi) is 5.77. The first kappa shape index (κ1) is 20.3. The second-order valence-electron chi connectivity index (χ2n) is 7.91. The molecule has 0 aliphatic heterocycles. The molecule has 7 nitrogen and oxygen atoms in total. The number of amides is 1. The van der Waals surface area contributed by atoms with Crippen LogP contribution in [0.5, 0.6) is 0 Å². The van der Waals surface area contributed by atoms with Crippen LogP contribution in [0.25, 0.3) is 5.69 Å². The van der Waals surface area contributed by atoms with Crippen molar-refractivity contribution >= 4 is 11.9 Å². The molecular weight excluding hydrogens is 368 g/mol. The van der Waals surface area contributed by atoms with Crippen molar-refractivity contribution in [2.75, 3.05) is 0 Å². The minimum absolute atomic E-state index is 0.00340. The van der Waals surface area contributed by atoms with Gasteiger partial charge in [-0.2, -0.15) is 0 Å².